The van der Waals surface area contributed by atoms with Crippen molar-refractivity contribution in [1.82, 2.24) is 0 Å². The minimum atomic E-state index is 0.556. The standard InChI is InChI=1S/C9H16OSi/c1-2-10-8-5-7-3-4-9(8,11)6-7/h5,7H,2-4,6H2,1,11H3. The molecule has 0 N–H and O–H groups in total. The van der Waals surface area contributed by atoms with Crippen LogP contribution in [0, 0.1) is 5.92 Å². The lowest BCUT2D eigenvalue weighted by atomic mass is 10.1. The normalized spacial score (nSPS) is 41.2. The fourth-order valence-corrected chi connectivity index (χ4v) is 3.57. The van der Waals surface area contributed by atoms with Gasteiger partial charge in [0.15, 0.2) is 0 Å². The number of ether oxygens (including phenoxy) is 1. The van der Waals surface area contributed by atoms with Gasteiger partial charge in [-0.05, 0) is 38.2 Å². The zero-order chi connectivity index (χ0) is 7.90. The van der Waals surface area contributed by atoms with Gasteiger partial charge in [-0.25, -0.2) is 0 Å². The number of allylic oxidation sites excluding steroid dienone is 2. The molecule has 0 aromatic carbocycles. The monoisotopic (exact) mass is 168 g/mol. The third-order valence-electron chi connectivity index (χ3n) is 3.06. The third-order valence-corrected chi connectivity index (χ3v) is 4.46. The lowest BCUT2D eigenvalue weighted by molar-refractivity contribution is 0.200. The minimum absolute atomic E-state index is 0.556. The Balaban J connectivity index is 2.16. The summed E-state index contributed by atoms with van der Waals surface area (Å²) < 4.78 is 5.64. The van der Waals surface area contributed by atoms with Gasteiger partial charge < -0.3 is 4.74 Å². The number of hydrogen-bond donors (Lipinski definition) is 0. The summed E-state index contributed by atoms with van der Waals surface area (Å²) >= 11 is 0. The highest BCUT2D eigenvalue weighted by Gasteiger charge is 2.43. The van der Waals surface area contributed by atoms with Crippen LogP contribution in [-0.2, 0) is 4.74 Å². The van der Waals surface area contributed by atoms with E-state index in [0.29, 0.717) is 5.04 Å². The summed E-state index contributed by atoms with van der Waals surface area (Å²) in [6.07, 6.45) is 6.59. The summed E-state index contributed by atoms with van der Waals surface area (Å²) in [7, 11) is 1.28. The molecule has 2 aliphatic carbocycles. The van der Waals surface area contributed by atoms with Crippen molar-refractivity contribution < 1.29 is 4.74 Å². The maximum Gasteiger partial charge on any atom is 0.0947 e. The average molecular weight is 168 g/mol. The van der Waals surface area contributed by atoms with Crippen LogP contribution < -0.4 is 0 Å². The van der Waals surface area contributed by atoms with Gasteiger partial charge in [-0.2, -0.15) is 0 Å². The Morgan fingerprint density at radius 3 is 3.09 bits per heavy atom. The highest BCUT2D eigenvalue weighted by molar-refractivity contribution is 6.17. The lowest BCUT2D eigenvalue weighted by Crippen LogP contribution is -2.11. The first kappa shape index (κ1) is 7.41. The first-order valence-corrected chi connectivity index (χ1v) is 5.60. The molecule has 2 rings (SSSR count). The third kappa shape index (κ3) is 1.04. The van der Waals surface area contributed by atoms with Crippen LogP contribution in [0.3, 0.4) is 0 Å². The highest BCUT2D eigenvalue weighted by atomic mass is 28.1. The molecule has 2 aliphatic rings. The summed E-state index contributed by atoms with van der Waals surface area (Å²) in [5, 5.41) is 0.556. The SMILES string of the molecule is CCOC1=CC2CCC1([SiH3])C2. The molecule has 1 nitrogen and oxygen atoms in total. The van der Waals surface area contributed by atoms with E-state index in [1.807, 2.05) is 0 Å². The molecule has 0 aromatic rings. The Kier molecular flexibility index (Phi) is 1.60. The average Bonchev–Trinajstić information content (AvgIpc) is 2.44. The van der Waals surface area contributed by atoms with E-state index in [-0.39, 0.29) is 0 Å². The van der Waals surface area contributed by atoms with Gasteiger partial charge in [0.25, 0.3) is 0 Å². The summed E-state index contributed by atoms with van der Waals surface area (Å²) in [5.41, 5.74) is 0. The molecule has 2 atom stereocenters. The summed E-state index contributed by atoms with van der Waals surface area (Å²) in [6.45, 7) is 2.93. The van der Waals surface area contributed by atoms with Crippen LogP contribution in [0.25, 0.3) is 0 Å². The molecule has 1 saturated carbocycles. The molecule has 0 saturated heterocycles. The molecule has 0 aromatic heterocycles. The van der Waals surface area contributed by atoms with E-state index in [0.717, 1.165) is 12.5 Å². The Morgan fingerprint density at radius 1 is 1.82 bits per heavy atom. The molecular formula is C9H16OSi. The maximum absolute atomic E-state index is 5.64. The second-order valence-electron chi connectivity index (χ2n) is 4.03. The Hall–Kier alpha value is -0.243. The van der Waals surface area contributed by atoms with Gasteiger partial charge in [0, 0.05) is 15.3 Å². The molecule has 0 amide bonds. The maximum atomic E-state index is 5.64. The Morgan fingerprint density at radius 2 is 2.64 bits per heavy atom. The molecule has 2 unspecified atom stereocenters. The predicted molar refractivity (Wildman–Crippen MR) is 49.7 cm³/mol. The van der Waals surface area contributed by atoms with Gasteiger partial charge in [-0.3, -0.25) is 0 Å². The Bertz CT molecular complexity index is 200. The van der Waals surface area contributed by atoms with Crippen molar-refractivity contribution in [2.75, 3.05) is 6.61 Å². The molecule has 0 aliphatic heterocycles. The fraction of sp³-hybridized carbons (Fsp3) is 0.778. The van der Waals surface area contributed by atoms with E-state index in [4.69, 9.17) is 4.74 Å². The molecule has 11 heavy (non-hydrogen) atoms. The van der Waals surface area contributed by atoms with Crippen molar-refractivity contribution in [3.63, 3.8) is 0 Å². The highest BCUT2D eigenvalue weighted by Crippen LogP contribution is 2.57. The van der Waals surface area contributed by atoms with Crippen LogP contribution in [-0.4, -0.2) is 16.8 Å². The van der Waals surface area contributed by atoms with Crippen molar-refractivity contribution in [3.05, 3.63) is 11.8 Å². The molecule has 0 heterocycles. The molecular weight excluding hydrogens is 152 g/mol. The first-order chi connectivity index (χ1) is 5.24. The van der Waals surface area contributed by atoms with Gasteiger partial charge in [-0.15, -0.1) is 0 Å². The zero-order valence-corrected chi connectivity index (χ0v) is 9.39. The van der Waals surface area contributed by atoms with Crippen molar-refractivity contribution in [2.24, 2.45) is 5.92 Å². The molecule has 1 fully saturated rings. The Labute approximate surface area is 71.2 Å². The molecule has 0 radical (unpaired) electrons. The van der Waals surface area contributed by atoms with E-state index in [1.165, 1.54) is 35.3 Å². The lowest BCUT2D eigenvalue weighted by Gasteiger charge is -2.24. The molecule has 62 valence electrons. The van der Waals surface area contributed by atoms with Crippen LogP contribution in [0.5, 0.6) is 0 Å². The van der Waals surface area contributed by atoms with E-state index in [9.17, 15) is 0 Å². The van der Waals surface area contributed by atoms with Crippen LogP contribution in [0.2, 0.25) is 5.04 Å². The van der Waals surface area contributed by atoms with Gasteiger partial charge >= 0.3 is 0 Å². The van der Waals surface area contributed by atoms with Crippen LogP contribution >= 0.6 is 0 Å². The second-order valence-corrected chi connectivity index (χ2v) is 5.94. The van der Waals surface area contributed by atoms with Crippen LogP contribution in [0.15, 0.2) is 11.8 Å². The van der Waals surface area contributed by atoms with Crippen molar-refractivity contribution in [1.29, 1.82) is 0 Å². The van der Waals surface area contributed by atoms with Crippen LogP contribution in [0.4, 0.5) is 0 Å². The largest absolute Gasteiger partial charge is 0.498 e. The van der Waals surface area contributed by atoms with Gasteiger partial charge in [0.1, 0.15) is 0 Å². The van der Waals surface area contributed by atoms with Crippen molar-refractivity contribution in [2.45, 2.75) is 31.2 Å². The summed E-state index contributed by atoms with van der Waals surface area (Å²) in [6, 6.07) is 0. The van der Waals surface area contributed by atoms with Crippen molar-refractivity contribution >= 4 is 10.2 Å². The minimum Gasteiger partial charge on any atom is -0.498 e. The smallest absolute Gasteiger partial charge is 0.0947 e. The molecule has 2 heteroatoms. The number of hydrogen-bond acceptors (Lipinski definition) is 1. The number of fused-ring (bicyclic) bond motifs is 2. The van der Waals surface area contributed by atoms with Gasteiger partial charge in [0.2, 0.25) is 0 Å². The summed E-state index contributed by atoms with van der Waals surface area (Å²) in [4.78, 5) is 0. The van der Waals surface area contributed by atoms with Gasteiger partial charge in [-0.1, -0.05) is 0 Å². The topological polar surface area (TPSA) is 9.23 Å². The molecule has 2 bridgehead atoms. The quantitative estimate of drug-likeness (QED) is 0.564. The zero-order valence-electron chi connectivity index (χ0n) is 7.39. The number of rotatable bonds is 2. The van der Waals surface area contributed by atoms with Gasteiger partial charge in [0.05, 0.1) is 12.4 Å². The van der Waals surface area contributed by atoms with Crippen molar-refractivity contribution in [3.8, 4) is 0 Å². The van der Waals surface area contributed by atoms with E-state index < -0.39 is 0 Å². The van der Waals surface area contributed by atoms with E-state index in [2.05, 4.69) is 13.0 Å². The van der Waals surface area contributed by atoms with E-state index >= 15 is 0 Å². The van der Waals surface area contributed by atoms with E-state index in [1.54, 1.807) is 0 Å². The van der Waals surface area contributed by atoms with Crippen LogP contribution in [0.1, 0.15) is 26.2 Å². The fourth-order valence-electron chi connectivity index (χ4n) is 2.45. The first-order valence-electron chi connectivity index (χ1n) is 4.60. The summed E-state index contributed by atoms with van der Waals surface area (Å²) in [5.74, 6) is 2.21. The second kappa shape index (κ2) is 2.37. The molecule has 0 spiro atoms. The predicted octanol–water partition coefficient (Wildman–Crippen LogP) is 1.24.